The summed E-state index contributed by atoms with van der Waals surface area (Å²) in [5, 5.41) is 6.45. The van der Waals surface area contributed by atoms with E-state index in [-0.39, 0.29) is 49.6 Å². The molecule has 11 nitrogen and oxygen atoms in total. The number of rotatable bonds is 13. The standard InChI is InChI=1S/C34H38ClN5O6/c35-30-16-9-17-31(36-30)37-32(42)29-18-19-39(34(44)45-22-26-12-3-1-4-13-26)40(29)33(43)28(20-25-10-7-8-11-25)21-38(24-41)46-23-27-14-5-2-6-15-27/h1-6,9,12-17,24-25,28-29H,7-8,10-11,18-23H2,(H,36,37,42)/t28-,29+/m1/s1. The van der Waals surface area contributed by atoms with E-state index in [2.05, 4.69) is 10.3 Å². The van der Waals surface area contributed by atoms with Gasteiger partial charge in [-0.05, 0) is 42.0 Å². The van der Waals surface area contributed by atoms with Gasteiger partial charge in [-0.1, -0.05) is 104 Å². The van der Waals surface area contributed by atoms with Crippen LogP contribution >= 0.6 is 11.6 Å². The van der Waals surface area contributed by atoms with Crippen LogP contribution in [0.4, 0.5) is 10.6 Å². The van der Waals surface area contributed by atoms with E-state index in [4.69, 9.17) is 21.2 Å². The van der Waals surface area contributed by atoms with Crippen molar-refractivity contribution in [1.82, 2.24) is 20.1 Å². The second-order valence-corrected chi connectivity index (χ2v) is 11.9. The summed E-state index contributed by atoms with van der Waals surface area (Å²) in [4.78, 5) is 63.7. The third-order valence-corrected chi connectivity index (χ3v) is 8.49. The number of amides is 4. The predicted octanol–water partition coefficient (Wildman–Crippen LogP) is 5.61. The van der Waals surface area contributed by atoms with Crippen LogP contribution in [0.5, 0.6) is 0 Å². The summed E-state index contributed by atoms with van der Waals surface area (Å²) < 4.78 is 5.60. The van der Waals surface area contributed by atoms with Crippen molar-refractivity contribution in [2.75, 3.05) is 18.4 Å². The van der Waals surface area contributed by atoms with Crippen molar-refractivity contribution in [2.45, 2.75) is 57.8 Å². The van der Waals surface area contributed by atoms with Gasteiger partial charge in [0.1, 0.15) is 30.2 Å². The Morgan fingerprint density at radius 2 is 1.61 bits per heavy atom. The molecule has 3 aromatic rings. The van der Waals surface area contributed by atoms with Crippen LogP contribution in [-0.2, 0) is 37.2 Å². The highest BCUT2D eigenvalue weighted by Gasteiger charge is 2.46. The maximum absolute atomic E-state index is 14.5. The number of carbonyl (C=O) groups is 4. The van der Waals surface area contributed by atoms with Crippen LogP contribution in [0, 0.1) is 11.8 Å². The maximum atomic E-state index is 14.5. The summed E-state index contributed by atoms with van der Waals surface area (Å²) in [6.45, 7) is 0.181. The molecule has 0 spiro atoms. The normalized spacial score (nSPS) is 17.0. The third kappa shape index (κ3) is 8.82. The molecule has 2 aliphatic rings. The van der Waals surface area contributed by atoms with Crippen LogP contribution in [0.3, 0.4) is 0 Å². The molecular weight excluding hydrogens is 610 g/mol. The summed E-state index contributed by atoms with van der Waals surface area (Å²) in [6.07, 6.45) is 4.51. The SMILES string of the molecule is O=CN(C[C@@H](CC1CCCC1)C(=O)N1[C@H](C(=O)Nc2cccc(Cl)n2)CCN1C(=O)OCc1ccccc1)OCc1ccccc1. The molecule has 1 N–H and O–H groups in total. The maximum Gasteiger partial charge on any atom is 0.429 e. The third-order valence-electron chi connectivity index (χ3n) is 8.28. The zero-order valence-corrected chi connectivity index (χ0v) is 26.3. The van der Waals surface area contributed by atoms with Crippen molar-refractivity contribution in [3.63, 3.8) is 0 Å². The average Bonchev–Trinajstić information content (AvgIpc) is 3.76. The topological polar surface area (TPSA) is 121 Å². The molecule has 242 valence electrons. The molecule has 1 saturated heterocycles. The van der Waals surface area contributed by atoms with Gasteiger partial charge in [0.25, 0.3) is 5.91 Å². The Hall–Kier alpha value is -4.48. The molecule has 1 aromatic heterocycles. The fourth-order valence-corrected chi connectivity index (χ4v) is 6.15. The molecule has 46 heavy (non-hydrogen) atoms. The molecule has 0 bridgehead atoms. The minimum Gasteiger partial charge on any atom is -0.443 e. The Labute approximate surface area is 273 Å². The number of hydrogen-bond donors (Lipinski definition) is 1. The first-order chi connectivity index (χ1) is 22.4. The molecule has 0 unspecified atom stereocenters. The summed E-state index contributed by atoms with van der Waals surface area (Å²) in [5.74, 6) is -1.24. The number of nitrogens with zero attached hydrogens (tertiary/aromatic N) is 4. The number of hydrazine groups is 1. The molecule has 2 atom stereocenters. The highest BCUT2D eigenvalue weighted by Crippen LogP contribution is 2.33. The number of carbonyl (C=O) groups excluding carboxylic acids is 4. The van der Waals surface area contributed by atoms with E-state index in [9.17, 15) is 19.2 Å². The van der Waals surface area contributed by atoms with Crippen molar-refractivity contribution in [3.8, 4) is 0 Å². The van der Waals surface area contributed by atoms with Crippen molar-refractivity contribution in [3.05, 3.63) is 95.1 Å². The fourth-order valence-electron chi connectivity index (χ4n) is 5.98. The number of aromatic nitrogens is 1. The number of halogens is 1. The van der Waals surface area contributed by atoms with E-state index in [0.717, 1.165) is 41.9 Å². The highest BCUT2D eigenvalue weighted by molar-refractivity contribution is 6.29. The largest absolute Gasteiger partial charge is 0.443 e. The molecule has 5 rings (SSSR count). The lowest BCUT2D eigenvalue weighted by Crippen LogP contribution is -2.55. The van der Waals surface area contributed by atoms with Gasteiger partial charge in [0.15, 0.2) is 0 Å². The van der Waals surface area contributed by atoms with Crippen LogP contribution in [0.15, 0.2) is 78.9 Å². The van der Waals surface area contributed by atoms with Crippen LogP contribution < -0.4 is 5.32 Å². The predicted molar refractivity (Wildman–Crippen MR) is 171 cm³/mol. The van der Waals surface area contributed by atoms with Gasteiger partial charge in [-0.3, -0.25) is 19.2 Å². The zero-order valence-electron chi connectivity index (χ0n) is 25.5. The van der Waals surface area contributed by atoms with Gasteiger partial charge in [0.2, 0.25) is 12.3 Å². The molecule has 1 saturated carbocycles. The van der Waals surface area contributed by atoms with Gasteiger partial charge in [0.05, 0.1) is 12.5 Å². The van der Waals surface area contributed by atoms with Gasteiger partial charge in [-0.2, -0.15) is 0 Å². The Morgan fingerprint density at radius 1 is 0.935 bits per heavy atom. The van der Waals surface area contributed by atoms with Crippen LogP contribution in [-0.4, -0.2) is 63.5 Å². The number of ether oxygens (including phenoxy) is 1. The summed E-state index contributed by atoms with van der Waals surface area (Å²) in [7, 11) is 0. The Balaban J connectivity index is 1.38. The Morgan fingerprint density at radius 3 is 2.26 bits per heavy atom. The molecule has 0 radical (unpaired) electrons. The number of hydroxylamine groups is 2. The second-order valence-electron chi connectivity index (χ2n) is 11.5. The van der Waals surface area contributed by atoms with E-state index < -0.39 is 29.9 Å². The number of nitrogens with one attached hydrogen (secondary N) is 1. The molecule has 1 aliphatic carbocycles. The minimum absolute atomic E-state index is 0.000744. The van der Waals surface area contributed by atoms with Gasteiger partial charge in [-0.15, -0.1) is 0 Å². The first-order valence-electron chi connectivity index (χ1n) is 15.5. The lowest BCUT2D eigenvalue weighted by atomic mass is 9.92. The van der Waals surface area contributed by atoms with Gasteiger partial charge in [0, 0.05) is 6.54 Å². The monoisotopic (exact) mass is 647 g/mol. The van der Waals surface area contributed by atoms with E-state index in [1.165, 1.54) is 10.0 Å². The first-order valence-corrected chi connectivity index (χ1v) is 15.9. The summed E-state index contributed by atoms with van der Waals surface area (Å²) >= 11 is 6.03. The van der Waals surface area contributed by atoms with Gasteiger partial charge < -0.3 is 10.1 Å². The smallest absolute Gasteiger partial charge is 0.429 e. The zero-order chi connectivity index (χ0) is 32.3. The molecular formula is C34H38ClN5O6. The average molecular weight is 648 g/mol. The molecule has 4 amide bonds. The van der Waals surface area contributed by atoms with Crippen LogP contribution in [0.2, 0.25) is 5.15 Å². The number of pyridine rings is 1. The molecule has 2 fully saturated rings. The van der Waals surface area contributed by atoms with Gasteiger partial charge in [-0.25, -0.2) is 24.9 Å². The lowest BCUT2D eigenvalue weighted by molar-refractivity contribution is -0.185. The molecule has 12 heteroatoms. The highest BCUT2D eigenvalue weighted by atomic mass is 35.5. The molecule has 2 heterocycles. The Kier molecular flexibility index (Phi) is 11.6. The quantitative estimate of drug-likeness (QED) is 0.145. The van der Waals surface area contributed by atoms with Crippen molar-refractivity contribution in [1.29, 1.82) is 0 Å². The fraction of sp³-hybridized carbons (Fsp3) is 0.382. The lowest BCUT2D eigenvalue weighted by Gasteiger charge is -2.35. The van der Waals surface area contributed by atoms with E-state index in [1.807, 2.05) is 60.7 Å². The summed E-state index contributed by atoms with van der Waals surface area (Å²) in [5.41, 5.74) is 1.65. The van der Waals surface area contributed by atoms with Crippen molar-refractivity contribution in [2.24, 2.45) is 11.8 Å². The molecule has 1 aliphatic heterocycles. The number of anilines is 1. The first kappa shape index (κ1) is 32.9. The van der Waals surface area contributed by atoms with Crippen molar-refractivity contribution >= 4 is 41.7 Å². The van der Waals surface area contributed by atoms with E-state index in [0.29, 0.717) is 12.8 Å². The second kappa shape index (κ2) is 16.2. The van der Waals surface area contributed by atoms with Crippen LogP contribution in [0.1, 0.15) is 49.7 Å². The Bertz CT molecular complexity index is 1470. The van der Waals surface area contributed by atoms with E-state index >= 15 is 0 Å². The number of benzene rings is 2. The van der Waals surface area contributed by atoms with Gasteiger partial charge >= 0.3 is 6.09 Å². The van der Waals surface area contributed by atoms with E-state index in [1.54, 1.807) is 18.2 Å². The van der Waals surface area contributed by atoms with Crippen LogP contribution in [0.25, 0.3) is 0 Å². The van der Waals surface area contributed by atoms with Crippen molar-refractivity contribution < 1.29 is 28.8 Å². The summed E-state index contributed by atoms with van der Waals surface area (Å²) in [6, 6.07) is 22.4. The number of hydrogen-bond acceptors (Lipinski definition) is 7. The molecule has 2 aromatic carbocycles. The minimum atomic E-state index is -1.03.